The number of benzene rings is 1. The third kappa shape index (κ3) is 5.71. The second-order valence-electron chi connectivity index (χ2n) is 5.74. The number of carbonyl (C=O) groups excluding carboxylic acids is 2. The minimum absolute atomic E-state index is 0.0189. The van der Waals surface area contributed by atoms with Crippen LogP contribution in [0.5, 0.6) is 0 Å². The molecule has 0 atom stereocenters. The molecule has 2 N–H and O–H groups in total. The maximum absolute atomic E-state index is 11.9. The number of thioether (sulfide) groups is 1. The number of hydrogen-bond acceptors (Lipinski definition) is 4. The summed E-state index contributed by atoms with van der Waals surface area (Å²) in [6, 6.07) is 9.09. The van der Waals surface area contributed by atoms with Crippen LogP contribution >= 0.6 is 11.8 Å². The molecule has 1 aliphatic rings. The van der Waals surface area contributed by atoms with Gasteiger partial charge in [-0.2, -0.15) is 0 Å². The van der Waals surface area contributed by atoms with Crippen LogP contribution in [0.2, 0.25) is 0 Å². The molecule has 23 heavy (non-hydrogen) atoms. The molecule has 2 rings (SSSR count). The fraction of sp³-hybridized carbons (Fsp3) is 0.471. The number of carboxylic acids is 1. The fourth-order valence-corrected chi connectivity index (χ4v) is 3.42. The summed E-state index contributed by atoms with van der Waals surface area (Å²) in [4.78, 5) is 34.7. The molecule has 0 bridgehead atoms. The molecule has 0 aromatic heterocycles. The highest BCUT2D eigenvalue weighted by Crippen LogP contribution is 2.24. The summed E-state index contributed by atoms with van der Waals surface area (Å²) in [5.74, 6) is -0.563. The highest BCUT2D eigenvalue weighted by Gasteiger charge is 2.26. The SMILES string of the molecule is O=C(CSCC(=O)c1ccccc1)NC1CCC(C(=O)O)CC1. The summed E-state index contributed by atoms with van der Waals surface area (Å²) >= 11 is 1.30. The van der Waals surface area contributed by atoms with Gasteiger partial charge in [-0.3, -0.25) is 14.4 Å². The Hall–Kier alpha value is -1.82. The minimum Gasteiger partial charge on any atom is -0.481 e. The van der Waals surface area contributed by atoms with E-state index in [2.05, 4.69) is 5.32 Å². The zero-order valence-electron chi connectivity index (χ0n) is 12.9. The summed E-state index contributed by atoms with van der Waals surface area (Å²) in [6.07, 6.45) is 2.63. The predicted molar refractivity (Wildman–Crippen MR) is 89.6 cm³/mol. The highest BCUT2D eigenvalue weighted by atomic mass is 32.2. The van der Waals surface area contributed by atoms with E-state index in [-0.39, 0.29) is 35.2 Å². The van der Waals surface area contributed by atoms with E-state index in [1.807, 2.05) is 18.2 Å². The number of nitrogens with one attached hydrogen (secondary N) is 1. The maximum Gasteiger partial charge on any atom is 0.306 e. The topological polar surface area (TPSA) is 83.5 Å². The van der Waals surface area contributed by atoms with E-state index in [1.54, 1.807) is 12.1 Å². The van der Waals surface area contributed by atoms with E-state index < -0.39 is 5.97 Å². The summed E-state index contributed by atoms with van der Waals surface area (Å²) in [5.41, 5.74) is 0.660. The third-order valence-electron chi connectivity index (χ3n) is 4.00. The number of Topliss-reactive ketones (excluding diaryl/α,β-unsaturated/α-hetero) is 1. The van der Waals surface area contributed by atoms with Gasteiger partial charge in [0, 0.05) is 11.6 Å². The van der Waals surface area contributed by atoms with Crippen molar-refractivity contribution in [3.05, 3.63) is 35.9 Å². The molecule has 0 unspecified atom stereocenters. The standard InChI is InChI=1S/C17H21NO4S/c19-15(12-4-2-1-3-5-12)10-23-11-16(20)18-14-8-6-13(7-9-14)17(21)22/h1-5,13-14H,6-11H2,(H,18,20)(H,21,22). The molecule has 0 spiro atoms. The van der Waals surface area contributed by atoms with E-state index in [9.17, 15) is 14.4 Å². The van der Waals surface area contributed by atoms with E-state index in [0.717, 1.165) is 0 Å². The molecule has 6 heteroatoms. The molecule has 1 saturated carbocycles. The molecule has 0 heterocycles. The minimum atomic E-state index is -0.746. The van der Waals surface area contributed by atoms with E-state index in [1.165, 1.54) is 11.8 Å². The van der Waals surface area contributed by atoms with Gasteiger partial charge >= 0.3 is 5.97 Å². The lowest BCUT2D eigenvalue weighted by Crippen LogP contribution is -2.39. The van der Waals surface area contributed by atoms with E-state index in [0.29, 0.717) is 31.2 Å². The Kier molecular flexibility index (Phi) is 6.65. The summed E-state index contributed by atoms with van der Waals surface area (Å²) in [5, 5.41) is 11.9. The monoisotopic (exact) mass is 335 g/mol. The van der Waals surface area contributed by atoms with Gasteiger partial charge in [-0.05, 0) is 25.7 Å². The van der Waals surface area contributed by atoms with Gasteiger partial charge in [-0.15, -0.1) is 11.8 Å². The average molecular weight is 335 g/mol. The number of aliphatic carboxylic acids is 1. The average Bonchev–Trinajstić information content (AvgIpc) is 2.56. The van der Waals surface area contributed by atoms with E-state index >= 15 is 0 Å². The summed E-state index contributed by atoms with van der Waals surface area (Å²) in [6.45, 7) is 0. The van der Waals surface area contributed by atoms with Crippen molar-refractivity contribution >= 4 is 29.4 Å². The number of carbonyl (C=O) groups is 3. The molecule has 0 saturated heterocycles. The largest absolute Gasteiger partial charge is 0.481 e. The molecule has 0 radical (unpaired) electrons. The first kappa shape index (κ1) is 17.5. The van der Waals surface area contributed by atoms with Crippen LogP contribution in [-0.2, 0) is 9.59 Å². The molecular weight excluding hydrogens is 314 g/mol. The molecule has 1 amide bonds. The third-order valence-corrected chi connectivity index (χ3v) is 4.94. The van der Waals surface area contributed by atoms with Crippen LogP contribution in [0, 0.1) is 5.92 Å². The van der Waals surface area contributed by atoms with Gasteiger partial charge in [0.25, 0.3) is 0 Å². The van der Waals surface area contributed by atoms with Crippen LogP contribution < -0.4 is 5.32 Å². The van der Waals surface area contributed by atoms with Crippen molar-refractivity contribution in [3.63, 3.8) is 0 Å². The van der Waals surface area contributed by atoms with Crippen molar-refractivity contribution in [1.82, 2.24) is 5.32 Å². The second kappa shape index (κ2) is 8.72. The number of hydrogen-bond donors (Lipinski definition) is 2. The molecule has 5 nitrogen and oxygen atoms in total. The van der Waals surface area contributed by atoms with Crippen LogP contribution in [0.15, 0.2) is 30.3 Å². The van der Waals surface area contributed by atoms with Crippen molar-refractivity contribution in [1.29, 1.82) is 0 Å². The molecular formula is C17H21NO4S. The van der Waals surface area contributed by atoms with Crippen LogP contribution in [0.1, 0.15) is 36.0 Å². The van der Waals surface area contributed by atoms with Gasteiger partial charge in [0.05, 0.1) is 17.4 Å². The maximum atomic E-state index is 11.9. The Morgan fingerprint density at radius 1 is 1.04 bits per heavy atom. The van der Waals surface area contributed by atoms with Gasteiger partial charge in [0.2, 0.25) is 5.91 Å². The van der Waals surface area contributed by atoms with E-state index in [4.69, 9.17) is 5.11 Å². The lowest BCUT2D eigenvalue weighted by molar-refractivity contribution is -0.142. The Bertz CT molecular complexity index is 553. The number of ketones is 1. The first-order valence-electron chi connectivity index (χ1n) is 7.74. The first-order chi connectivity index (χ1) is 11.1. The van der Waals surface area contributed by atoms with Gasteiger partial charge in [-0.1, -0.05) is 30.3 Å². The van der Waals surface area contributed by atoms with Crippen molar-refractivity contribution in [2.75, 3.05) is 11.5 Å². The van der Waals surface area contributed by atoms with Gasteiger partial charge in [0.15, 0.2) is 5.78 Å². The van der Waals surface area contributed by atoms with Crippen LogP contribution in [0.3, 0.4) is 0 Å². The normalized spacial score (nSPS) is 20.7. The zero-order valence-corrected chi connectivity index (χ0v) is 13.7. The summed E-state index contributed by atoms with van der Waals surface area (Å²) < 4.78 is 0. The van der Waals surface area contributed by atoms with Gasteiger partial charge in [-0.25, -0.2) is 0 Å². The van der Waals surface area contributed by atoms with Gasteiger partial charge < -0.3 is 10.4 Å². The Labute approximate surface area is 139 Å². The molecule has 1 aromatic rings. The predicted octanol–water partition coefficient (Wildman–Crippen LogP) is 2.36. The molecule has 1 fully saturated rings. The quantitative estimate of drug-likeness (QED) is 0.747. The fourth-order valence-electron chi connectivity index (χ4n) is 2.70. The molecule has 0 aliphatic heterocycles. The smallest absolute Gasteiger partial charge is 0.306 e. The number of rotatable bonds is 7. The second-order valence-corrected chi connectivity index (χ2v) is 6.72. The molecule has 124 valence electrons. The number of amides is 1. The Morgan fingerprint density at radius 2 is 1.70 bits per heavy atom. The van der Waals surface area contributed by atoms with Crippen molar-refractivity contribution in [3.8, 4) is 0 Å². The van der Waals surface area contributed by atoms with Crippen molar-refractivity contribution < 1.29 is 19.5 Å². The highest BCUT2D eigenvalue weighted by molar-refractivity contribution is 8.00. The van der Waals surface area contributed by atoms with Crippen LogP contribution in [0.25, 0.3) is 0 Å². The van der Waals surface area contributed by atoms with Gasteiger partial charge in [0.1, 0.15) is 0 Å². The zero-order chi connectivity index (χ0) is 16.7. The van der Waals surface area contributed by atoms with Crippen LogP contribution in [-0.4, -0.2) is 40.3 Å². The first-order valence-corrected chi connectivity index (χ1v) is 8.90. The Morgan fingerprint density at radius 3 is 2.30 bits per heavy atom. The lowest BCUT2D eigenvalue weighted by atomic mass is 9.86. The molecule has 1 aliphatic carbocycles. The number of carboxylic acid groups (broad SMARTS) is 1. The Balaban J connectivity index is 1.64. The van der Waals surface area contributed by atoms with Crippen molar-refractivity contribution in [2.24, 2.45) is 5.92 Å². The summed E-state index contributed by atoms with van der Waals surface area (Å²) in [7, 11) is 0. The van der Waals surface area contributed by atoms with Crippen molar-refractivity contribution in [2.45, 2.75) is 31.7 Å². The van der Waals surface area contributed by atoms with Crippen LogP contribution in [0.4, 0.5) is 0 Å². The lowest BCUT2D eigenvalue weighted by Gasteiger charge is -2.26. The molecule has 1 aromatic carbocycles.